The van der Waals surface area contributed by atoms with Crippen molar-refractivity contribution in [3.8, 4) is 0 Å². The molecule has 0 saturated carbocycles. The van der Waals surface area contributed by atoms with Crippen molar-refractivity contribution in [1.29, 1.82) is 0 Å². The molecule has 0 aliphatic carbocycles. The van der Waals surface area contributed by atoms with Gasteiger partial charge in [-0.3, -0.25) is 4.79 Å². The van der Waals surface area contributed by atoms with Crippen LogP contribution in [-0.4, -0.2) is 35.8 Å². The zero-order valence-electron chi connectivity index (χ0n) is 13.4. The zero-order chi connectivity index (χ0) is 18.9. The minimum atomic E-state index is -2.51. The van der Waals surface area contributed by atoms with Gasteiger partial charge in [0.05, 0.1) is 0 Å². The van der Waals surface area contributed by atoms with E-state index in [4.69, 9.17) is 4.74 Å². The second-order valence-corrected chi connectivity index (χ2v) is 6.66. The fourth-order valence-corrected chi connectivity index (χ4v) is 2.92. The Bertz CT molecular complexity index is 766. The molecule has 0 aliphatic heterocycles. The molecule has 1 amide bonds. The SMILES string of the molecule is C=CCNc1nc(C(=O)OCC(=O)Nc2ccc(SC(F)F)cc2)cs1. The van der Waals surface area contributed by atoms with Crippen molar-refractivity contribution in [3.63, 3.8) is 0 Å². The Kier molecular flexibility index (Phi) is 7.54. The number of ether oxygens (including phenoxy) is 1. The second-order valence-electron chi connectivity index (χ2n) is 4.73. The molecule has 6 nitrogen and oxygen atoms in total. The van der Waals surface area contributed by atoms with Gasteiger partial charge in [-0.15, -0.1) is 17.9 Å². The summed E-state index contributed by atoms with van der Waals surface area (Å²) >= 11 is 1.65. The molecule has 0 bridgehead atoms. The van der Waals surface area contributed by atoms with Gasteiger partial charge in [0.1, 0.15) is 0 Å². The van der Waals surface area contributed by atoms with E-state index < -0.39 is 24.2 Å². The summed E-state index contributed by atoms with van der Waals surface area (Å²) in [4.78, 5) is 28.1. The van der Waals surface area contributed by atoms with Gasteiger partial charge in [-0.25, -0.2) is 9.78 Å². The molecule has 0 spiro atoms. The molecule has 0 atom stereocenters. The number of aromatic nitrogens is 1. The number of hydrogen-bond donors (Lipinski definition) is 2. The standard InChI is InChI=1S/C16H15F2N3O3S2/c1-2-7-19-16-21-12(9-25-16)14(23)24-8-13(22)20-10-3-5-11(6-4-10)26-15(17)18/h2-6,9,15H,1,7-8H2,(H,19,21)(H,20,22). The average molecular weight is 399 g/mol. The lowest BCUT2D eigenvalue weighted by Crippen LogP contribution is -2.21. The van der Waals surface area contributed by atoms with Crippen LogP contribution in [0.15, 0.2) is 47.2 Å². The highest BCUT2D eigenvalue weighted by Gasteiger charge is 2.14. The highest BCUT2D eigenvalue weighted by molar-refractivity contribution is 7.99. The van der Waals surface area contributed by atoms with Gasteiger partial charge in [0.25, 0.3) is 11.7 Å². The highest BCUT2D eigenvalue weighted by atomic mass is 32.2. The molecule has 2 rings (SSSR count). The van der Waals surface area contributed by atoms with Gasteiger partial charge in [0.15, 0.2) is 17.4 Å². The number of anilines is 2. The summed E-state index contributed by atoms with van der Waals surface area (Å²) in [6.07, 6.45) is 1.66. The lowest BCUT2D eigenvalue weighted by Gasteiger charge is -2.07. The fourth-order valence-electron chi connectivity index (χ4n) is 1.73. The molecule has 1 aromatic carbocycles. The van der Waals surface area contributed by atoms with E-state index in [1.807, 2.05) is 0 Å². The smallest absolute Gasteiger partial charge is 0.358 e. The first-order chi connectivity index (χ1) is 12.5. The molecule has 0 fully saturated rings. The number of nitrogens with one attached hydrogen (secondary N) is 2. The fraction of sp³-hybridized carbons (Fsp3) is 0.188. The Morgan fingerprint density at radius 1 is 1.35 bits per heavy atom. The maximum atomic E-state index is 12.2. The van der Waals surface area contributed by atoms with Crippen molar-refractivity contribution in [1.82, 2.24) is 4.98 Å². The number of rotatable bonds is 9. The first-order valence-electron chi connectivity index (χ1n) is 7.30. The van der Waals surface area contributed by atoms with Crippen LogP contribution < -0.4 is 10.6 Å². The third-order valence-electron chi connectivity index (χ3n) is 2.81. The number of halogens is 2. The largest absolute Gasteiger partial charge is 0.451 e. The maximum absolute atomic E-state index is 12.2. The van der Waals surface area contributed by atoms with Gasteiger partial charge in [-0.2, -0.15) is 8.78 Å². The molecule has 0 radical (unpaired) electrons. The lowest BCUT2D eigenvalue weighted by atomic mass is 10.3. The molecule has 26 heavy (non-hydrogen) atoms. The van der Waals surface area contributed by atoms with E-state index in [0.29, 0.717) is 34.0 Å². The van der Waals surface area contributed by atoms with Crippen LogP contribution in [0.3, 0.4) is 0 Å². The summed E-state index contributed by atoms with van der Waals surface area (Å²) in [5.41, 5.74) is 0.511. The first kappa shape index (κ1) is 19.9. The second kappa shape index (κ2) is 9.88. The van der Waals surface area contributed by atoms with Crippen LogP contribution in [0.5, 0.6) is 0 Å². The van der Waals surface area contributed by atoms with Crippen molar-refractivity contribution in [2.75, 3.05) is 23.8 Å². The molecule has 0 saturated heterocycles. The van der Waals surface area contributed by atoms with Crippen molar-refractivity contribution < 1.29 is 23.1 Å². The Labute approximate surface area is 156 Å². The number of alkyl halides is 2. The zero-order valence-corrected chi connectivity index (χ0v) is 15.0. The Hall–Kier alpha value is -2.46. The van der Waals surface area contributed by atoms with Gasteiger partial charge >= 0.3 is 5.97 Å². The molecular weight excluding hydrogens is 384 g/mol. The van der Waals surface area contributed by atoms with Gasteiger partial charge in [-0.05, 0) is 24.3 Å². The predicted octanol–water partition coefficient (Wildman–Crippen LogP) is 3.85. The molecule has 0 unspecified atom stereocenters. The van der Waals surface area contributed by atoms with Gasteiger partial charge < -0.3 is 15.4 Å². The van der Waals surface area contributed by atoms with E-state index in [-0.39, 0.29) is 5.69 Å². The van der Waals surface area contributed by atoms with E-state index >= 15 is 0 Å². The minimum Gasteiger partial charge on any atom is -0.451 e. The molecule has 138 valence electrons. The van der Waals surface area contributed by atoms with E-state index in [0.717, 1.165) is 0 Å². The molecular formula is C16H15F2N3O3S2. The van der Waals surface area contributed by atoms with E-state index in [1.54, 1.807) is 6.08 Å². The maximum Gasteiger partial charge on any atom is 0.358 e. The molecule has 0 aliphatic rings. The van der Waals surface area contributed by atoms with Crippen LogP contribution in [0.25, 0.3) is 0 Å². The van der Waals surface area contributed by atoms with Gasteiger partial charge in [0, 0.05) is 22.5 Å². The van der Waals surface area contributed by atoms with E-state index in [2.05, 4.69) is 22.2 Å². The number of nitrogens with zero attached hydrogens (tertiary/aromatic N) is 1. The Balaban J connectivity index is 1.79. The predicted molar refractivity (Wildman–Crippen MR) is 98.0 cm³/mol. The number of carbonyl (C=O) groups excluding carboxylic acids is 2. The quantitative estimate of drug-likeness (QED) is 0.379. The van der Waals surface area contributed by atoms with Gasteiger partial charge in [-0.1, -0.05) is 17.8 Å². The van der Waals surface area contributed by atoms with Crippen molar-refractivity contribution in [2.45, 2.75) is 10.7 Å². The monoisotopic (exact) mass is 399 g/mol. The number of benzene rings is 1. The number of esters is 1. The number of amides is 1. The summed E-state index contributed by atoms with van der Waals surface area (Å²) in [6.45, 7) is 3.59. The Morgan fingerprint density at radius 3 is 2.73 bits per heavy atom. The van der Waals surface area contributed by atoms with Crippen LogP contribution in [-0.2, 0) is 9.53 Å². The molecule has 10 heteroatoms. The van der Waals surface area contributed by atoms with Crippen molar-refractivity contribution >= 4 is 45.8 Å². The normalized spacial score (nSPS) is 10.4. The van der Waals surface area contributed by atoms with E-state index in [9.17, 15) is 18.4 Å². The molecule has 2 N–H and O–H groups in total. The first-order valence-corrected chi connectivity index (χ1v) is 9.06. The Morgan fingerprint density at radius 2 is 2.08 bits per heavy atom. The van der Waals surface area contributed by atoms with Crippen molar-refractivity contribution in [2.24, 2.45) is 0 Å². The third kappa shape index (κ3) is 6.45. The lowest BCUT2D eigenvalue weighted by molar-refractivity contribution is -0.119. The number of hydrogen-bond acceptors (Lipinski definition) is 7. The van der Waals surface area contributed by atoms with Crippen LogP contribution >= 0.6 is 23.1 Å². The van der Waals surface area contributed by atoms with Gasteiger partial charge in [0.2, 0.25) is 0 Å². The van der Waals surface area contributed by atoms with E-state index in [1.165, 1.54) is 41.0 Å². The summed E-state index contributed by atoms with van der Waals surface area (Å²) in [6, 6.07) is 5.90. The summed E-state index contributed by atoms with van der Waals surface area (Å²) < 4.78 is 29.4. The number of thioether (sulfide) groups is 1. The van der Waals surface area contributed by atoms with Crippen LogP contribution in [0, 0.1) is 0 Å². The molecule has 1 aromatic heterocycles. The topological polar surface area (TPSA) is 80.3 Å². The number of carbonyl (C=O) groups is 2. The van der Waals surface area contributed by atoms with Crippen molar-refractivity contribution in [3.05, 3.63) is 48.0 Å². The number of thiazole rings is 1. The summed E-state index contributed by atoms with van der Waals surface area (Å²) in [5.74, 6) is -3.77. The van der Waals surface area contributed by atoms with Crippen LogP contribution in [0.4, 0.5) is 19.6 Å². The summed E-state index contributed by atoms with van der Waals surface area (Å²) in [7, 11) is 0. The third-order valence-corrected chi connectivity index (χ3v) is 4.33. The van der Waals surface area contributed by atoms with Crippen LogP contribution in [0.1, 0.15) is 10.5 Å². The molecule has 2 aromatic rings. The minimum absolute atomic E-state index is 0.0998. The highest BCUT2D eigenvalue weighted by Crippen LogP contribution is 2.26. The van der Waals surface area contributed by atoms with Crippen LogP contribution in [0.2, 0.25) is 0 Å². The molecule has 1 heterocycles. The average Bonchev–Trinajstić information content (AvgIpc) is 3.08. The summed E-state index contributed by atoms with van der Waals surface area (Å²) in [5, 5.41) is 7.51.